The Kier molecular flexibility index (Phi) is 7.84. The molecule has 2 nitrogen and oxygen atoms in total. The molecule has 1 aliphatic rings. The maximum absolute atomic E-state index is 2.38. The second-order valence-electron chi connectivity index (χ2n) is 12.8. The van der Waals surface area contributed by atoms with Gasteiger partial charge in [-0.2, -0.15) is 0 Å². The fourth-order valence-electron chi connectivity index (χ4n) is 6.91. The first-order valence-corrected chi connectivity index (χ1v) is 16.8. The topological polar surface area (TPSA) is 6.48 Å². The third-order valence-electron chi connectivity index (χ3n) is 9.36. The predicted molar refractivity (Wildman–Crippen MR) is 206 cm³/mol. The maximum Gasteiger partial charge on any atom is 0.0468 e. The molecule has 0 heterocycles. The summed E-state index contributed by atoms with van der Waals surface area (Å²) in [5.41, 5.74) is 14.5. The molecule has 0 aromatic heterocycles. The number of benzene rings is 7. The van der Waals surface area contributed by atoms with Gasteiger partial charge in [-0.25, -0.2) is 0 Å². The molecule has 0 spiro atoms. The molecule has 48 heavy (non-hydrogen) atoms. The molecule has 0 amide bonds. The third kappa shape index (κ3) is 5.89. The number of nitrogens with zero attached hydrogens (tertiary/aromatic N) is 2. The van der Waals surface area contributed by atoms with Crippen molar-refractivity contribution in [3.8, 4) is 11.1 Å². The predicted octanol–water partition coefficient (Wildman–Crippen LogP) is 13.0. The van der Waals surface area contributed by atoms with Crippen molar-refractivity contribution < 1.29 is 0 Å². The lowest BCUT2D eigenvalue weighted by atomic mass is 9.96. The number of fused-ring (bicyclic) bond motifs is 2. The molecule has 1 aliphatic carbocycles. The summed E-state index contributed by atoms with van der Waals surface area (Å²) in [7, 11) is 0. The molecule has 0 fully saturated rings. The molecule has 0 saturated carbocycles. The van der Waals surface area contributed by atoms with Gasteiger partial charge in [-0.3, -0.25) is 0 Å². The van der Waals surface area contributed by atoms with Crippen molar-refractivity contribution in [3.05, 3.63) is 186 Å². The van der Waals surface area contributed by atoms with Crippen LogP contribution in [-0.2, 0) is 6.42 Å². The second-order valence-corrected chi connectivity index (χ2v) is 12.8. The third-order valence-corrected chi connectivity index (χ3v) is 9.36. The molecule has 232 valence electrons. The Morgan fingerprint density at radius 1 is 0.417 bits per heavy atom. The van der Waals surface area contributed by atoms with Crippen LogP contribution in [0.1, 0.15) is 28.7 Å². The van der Waals surface area contributed by atoms with Crippen molar-refractivity contribution in [1.82, 2.24) is 0 Å². The molecular weight excluding hydrogens is 581 g/mol. The lowest BCUT2D eigenvalue weighted by Crippen LogP contribution is -2.11. The molecule has 0 atom stereocenters. The Hall–Kier alpha value is -5.86. The molecule has 2 heteroatoms. The van der Waals surface area contributed by atoms with Crippen LogP contribution in [0.15, 0.2) is 164 Å². The monoisotopic (exact) mass is 618 g/mol. The highest BCUT2D eigenvalue weighted by molar-refractivity contribution is 5.89. The van der Waals surface area contributed by atoms with Crippen LogP contribution < -0.4 is 9.80 Å². The first-order chi connectivity index (χ1) is 23.6. The summed E-state index contributed by atoms with van der Waals surface area (Å²) in [5, 5.41) is 2.48. The molecule has 7 aromatic carbocycles. The van der Waals surface area contributed by atoms with E-state index in [-0.39, 0.29) is 0 Å². The zero-order valence-corrected chi connectivity index (χ0v) is 27.5. The summed E-state index contributed by atoms with van der Waals surface area (Å²) >= 11 is 0. The van der Waals surface area contributed by atoms with Crippen LogP contribution in [0.25, 0.3) is 28.0 Å². The smallest absolute Gasteiger partial charge is 0.0468 e. The van der Waals surface area contributed by atoms with Crippen LogP contribution in [0.2, 0.25) is 0 Å². The molecule has 8 rings (SSSR count). The zero-order chi connectivity index (χ0) is 32.5. The van der Waals surface area contributed by atoms with E-state index < -0.39 is 0 Å². The van der Waals surface area contributed by atoms with Gasteiger partial charge in [0.2, 0.25) is 0 Å². The van der Waals surface area contributed by atoms with Gasteiger partial charge in [-0.05, 0) is 144 Å². The van der Waals surface area contributed by atoms with E-state index in [1.54, 1.807) is 0 Å². The number of anilines is 6. The van der Waals surface area contributed by atoms with E-state index in [2.05, 4.69) is 194 Å². The first-order valence-electron chi connectivity index (χ1n) is 16.8. The van der Waals surface area contributed by atoms with E-state index >= 15 is 0 Å². The highest BCUT2D eigenvalue weighted by Crippen LogP contribution is 2.40. The van der Waals surface area contributed by atoms with Gasteiger partial charge in [0.25, 0.3) is 0 Å². The van der Waals surface area contributed by atoms with Crippen molar-refractivity contribution in [1.29, 1.82) is 0 Å². The molecule has 0 aliphatic heterocycles. The molecule has 7 aromatic rings. The zero-order valence-electron chi connectivity index (χ0n) is 27.5. The SMILES string of the molecule is Cc1cccc(N(c2ccc(-c3ccc(N(c4cccc(C)c4)c4ccc5ccccc5c4)cc3)cc2)c2ccc3c(c2)CCC=C3)c1. The van der Waals surface area contributed by atoms with E-state index in [0.29, 0.717) is 0 Å². The fourth-order valence-corrected chi connectivity index (χ4v) is 6.91. The Bertz CT molecular complexity index is 2260. The van der Waals surface area contributed by atoms with E-state index in [4.69, 9.17) is 0 Å². The van der Waals surface area contributed by atoms with Crippen LogP contribution in [0.3, 0.4) is 0 Å². The van der Waals surface area contributed by atoms with Crippen molar-refractivity contribution in [2.24, 2.45) is 0 Å². The lowest BCUT2D eigenvalue weighted by Gasteiger charge is -2.27. The van der Waals surface area contributed by atoms with Gasteiger partial charge in [0.15, 0.2) is 0 Å². The quantitative estimate of drug-likeness (QED) is 0.175. The summed E-state index contributed by atoms with van der Waals surface area (Å²) in [5.74, 6) is 0. The highest BCUT2D eigenvalue weighted by atomic mass is 15.1. The minimum atomic E-state index is 1.08. The van der Waals surface area contributed by atoms with E-state index in [1.807, 2.05) is 0 Å². The van der Waals surface area contributed by atoms with E-state index in [9.17, 15) is 0 Å². The summed E-state index contributed by atoms with van der Waals surface area (Å²) < 4.78 is 0. The number of hydrogen-bond acceptors (Lipinski definition) is 2. The van der Waals surface area contributed by atoms with Crippen molar-refractivity contribution in [3.63, 3.8) is 0 Å². The van der Waals surface area contributed by atoms with Crippen molar-refractivity contribution in [2.45, 2.75) is 26.7 Å². The second kappa shape index (κ2) is 12.7. The summed E-state index contributed by atoms with van der Waals surface area (Å²) in [6.45, 7) is 4.31. The summed E-state index contributed by atoms with van der Waals surface area (Å²) in [6.07, 6.45) is 6.70. The summed E-state index contributed by atoms with van der Waals surface area (Å²) in [6, 6.07) is 57.6. The van der Waals surface area contributed by atoms with Gasteiger partial charge in [0.1, 0.15) is 0 Å². The summed E-state index contributed by atoms with van der Waals surface area (Å²) in [4.78, 5) is 4.72. The Morgan fingerprint density at radius 2 is 0.938 bits per heavy atom. The molecule has 0 radical (unpaired) electrons. The number of rotatable bonds is 7. The standard InChI is InChI=1S/C46H38N2/c1-33-9-7-15-43(29-33)47(45-27-21-35-11-3-5-13-39(35)31-45)41-23-17-37(18-24-41)38-19-25-42(26-20-38)48(44-16-8-10-34(2)30-44)46-28-22-36-12-4-6-14-40(36)32-46/h3-5,7-13,15-32H,6,14H2,1-2H3. The van der Waals surface area contributed by atoms with Crippen LogP contribution in [0, 0.1) is 13.8 Å². The van der Waals surface area contributed by atoms with Crippen LogP contribution in [-0.4, -0.2) is 0 Å². The van der Waals surface area contributed by atoms with Crippen LogP contribution in [0.4, 0.5) is 34.1 Å². The minimum absolute atomic E-state index is 1.08. The fraction of sp³-hybridized carbons (Fsp3) is 0.0870. The molecular formula is C46H38N2. The number of allylic oxidation sites excluding steroid dienone is 1. The highest BCUT2D eigenvalue weighted by Gasteiger charge is 2.17. The van der Waals surface area contributed by atoms with Crippen molar-refractivity contribution >= 4 is 51.0 Å². The number of aryl methyl sites for hydroxylation is 3. The van der Waals surface area contributed by atoms with Gasteiger partial charge < -0.3 is 9.80 Å². The minimum Gasteiger partial charge on any atom is -0.310 e. The Morgan fingerprint density at radius 3 is 1.54 bits per heavy atom. The van der Waals surface area contributed by atoms with Gasteiger partial charge in [-0.1, -0.05) is 97.1 Å². The van der Waals surface area contributed by atoms with Gasteiger partial charge >= 0.3 is 0 Å². The molecule has 0 saturated heterocycles. The van der Waals surface area contributed by atoms with Crippen molar-refractivity contribution in [2.75, 3.05) is 9.80 Å². The van der Waals surface area contributed by atoms with E-state index in [0.717, 1.165) is 35.6 Å². The maximum atomic E-state index is 2.38. The molecule has 0 unspecified atom stereocenters. The van der Waals surface area contributed by atoms with Gasteiger partial charge in [0.05, 0.1) is 0 Å². The van der Waals surface area contributed by atoms with Gasteiger partial charge in [-0.15, -0.1) is 0 Å². The first kappa shape index (κ1) is 29.5. The number of hydrogen-bond donors (Lipinski definition) is 0. The largest absolute Gasteiger partial charge is 0.310 e. The Labute approximate surface area is 283 Å². The lowest BCUT2D eigenvalue weighted by molar-refractivity contribution is 0.984. The van der Waals surface area contributed by atoms with Gasteiger partial charge in [0, 0.05) is 34.1 Å². The van der Waals surface area contributed by atoms with Crippen LogP contribution in [0.5, 0.6) is 0 Å². The average molecular weight is 619 g/mol. The normalized spacial score (nSPS) is 12.1. The average Bonchev–Trinajstić information content (AvgIpc) is 3.12. The van der Waals surface area contributed by atoms with Crippen LogP contribution >= 0.6 is 0 Å². The Balaban J connectivity index is 1.13. The molecule has 0 N–H and O–H groups in total. The van der Waals surface area contributed by atoms with E-state index in [1.165, 1.54) is 55.5 Å². The molecule has 0 bridgehead atoms.